The van der Waals surface area contributed by atoms with Crippen molar-refractivity contribution in [3.63, 3.8) is 0 Å². The molecular weight excluding hydrogens is 334 g/mol. The zero-order valence-electron chi connectivity index (χ0n) is 15.8. The van der Waals surface area contributed by atoms with Crippen LogP contribution in [0.15, 0.2) is 54.6 Å². The molecule has 4 heteroatoms. The number of likely N-dealkylation sites (tertiary alicyclic amines) is 1. The summed E-state index contributed by atoms with van der Waals surface area (Å²) in [6.45, 7) is 4.62. The summed E-state index contributed by atoms with van der Waals surface area (Å²) in [4.78, 5) is 24.6. The Morgan fingerprint density at radius 3 is 2.52 bits per heavy atom. The third kappa shape index (κ3) is 4.22. The number of carbonyl (C=O) groups excluding carboxylic acids is 1. The molecule has 1 fully saturated rings. The molecule has 0 saturated carbocycles. The van der Waals surface area contributed by atoms with E-state index in [1.54, 1.807) is 0 Å². The second kappa shape index (κ2) is 7.97. The van der Waals surface area contributed by atoms with Crippen LogP contribution in [0, 0.1) is 12.8 Å². The Kier molecular flexibility index (Phi) is 5.26. The molecule has 27 heavy (non-hydrogen) atoms. The van der Waals surface area contributed by atoms with E-state index in [0.29, 0.717) is 12.2 Å². The molecular formula is C23H25N3O. The van der Waals surface area contributed by atoms with Crippen molar-refractivity contribution in [1.29, 1.82) is 0 Å². The number of carbonyl (C=O) groups is 1. The standard InChI is InChI=1S/C23H25N3O/c1-17-22(25-21-12-6-5-11-20(21)24-17)16-26-13-7-10-19(15-26)23(27)14-18-8-3-2-4-9-18/h2-6,8-9,11-12,19H,7,10,13-16H2,1H3/t19-/m0/s1. The van der Waals surface area contributed by atoms with E-state index in [0.717, 1.165) is 60.5 Å². The summed E-state index contributed by atoms with van der Waals surface area (Å²) in [5.41, 5.74) is 4.98. The van der Waals surface area contributed by atoms with E-state index >= 15 is 0 Å². The summed E-state index contributed by atoms with van der Waals surface area (Å²) in [5.74, 6) is 0.472. The van der Waals surface area contributed by atoms with E-state index < -0.39 is 0 Å². The Hall–Kier alpha value is -2.59. The van der Waals surface area contributed by atoms with Gasteiger partial charge in [-0.15, -0.1) is 0 Å². The smallest absolute Gasteiger partial charge is 0.141 e. The monoisotopic (exact) mass is 359 g/mol. The van der Waals surface area contributed by atoms with Gasteiger partial charge in [0.05, 0.1) is 22.4 Å². The van der Waals surface area contributed by atoms with E-state index in [4.69, 9.17) is 9.97 Å². The van der Waals surface area contributed by atoms with Crippen molar-refractivity contribution in [1.82, 2.24) is 14.9 Å². The minimum atomic E-state index is 0.118. The third-order valence-electron chi connectivity index (χ3n) is 5.40. The highest BCUT2D eigenvalue weighted by atomic mass is 16.1. The van der Waals surface area contributed by atoms with Crippen LogP contribution in [-0.4, -0.2) is 33.7 Å². The van der Waals surface area contributed by atoms with E-state index in [9.17, 15) is 4.79 Å². The first-order valence-corrected chi connectivity index (χ1v) is 9.70. The van der Waals surface area contributed by atoms with Crippen LogP contribution in [0.5, 0.6) is 0 Å². The summed E-state index contributed by atoms with van der Waals surface area (Å²) in [6, 6.07) is 18.0. The highest BCUT2D eigenvalue weighted by molar-refractivity contribution is 5.83. The molecule has 2 aromatic carbocycles. The quantitative estimate of drug-likeness (QED) is 0.692. The van der Waals surface area contributed by atoms with E-state index in [1.807, 2.05) is 61.5 Å². The summed E-state index contributed by atoms with van der Waals surface area (Å²) >= 11 is 0. The first-order chi connectivity index (χ1) is 13.2. The largest absolute Gasteiger partial charge is 0.299 e. The number of aryl methyl sites for hydroxylation is 1. The van der Waals surface area contributed by atoms with Gasteiger partial charge in [-0.25, -0.2) is 9.97 Å². The molecule has 0 N–H and O–H groups in total. The molecule has 3 aromatic rings. The predicted molar refractivity (Wildman–Crippen MR) is 107 cm³/mol. The van der Waals surface area contributed by atoms with Crippen molar-refractivity contribution in [3.8, 4) is 0 Å². The zero-order chi connectivity index (χ0) is 18.6. The van der Waals surface area contributed by atoms with E-state index in [-0.39, 0.29) is 5.92 Å². The Morgan fingerprint density at radius 2 is 1.74 bits per heavy atom. The summed E-state index contributed by atoms with van der Waals surface area (Å²) in [7, 11) is 0. The number of Topliss-reactive ketones (excluding diaryl/α,β-unsaturated/α-hetero) is 1. The van der Waals surface area contributed by atoms with Crippen LogP contribution < -0.4 is 0 Å². The topological polar surface area (TPSA) is 46.1 Å². The van der Waals surface area contributed by atoms with Gasteiger partial charge in [-0.1, -0.05) is 42.5 Å². The van der Waals surface area contributed by atoms with Gasteiger partial charge in [-0.2, -0.15) is 0 Å². The number of hydrogen-bond donors (Lipinski definition) is 0. The fourth-order valence-electron chi connectivity index (χ4n) is 3.89. The van der Waals surface area contributed by atoms with Gasteiger partial charge in [0.2, 0.25) is 0 Å². The van der Waals surface area contributed by atoms with Crippen molar-refractivity contribution in [2.45, 2.75) is 32.7 Å². The molecule has 1 aliphatic heterocycles. The van der Waals surface area contributed by atoms with Crippen LogP contribution in [0.3, 0.4) is 0 Å². The zero-order valence-corrected chi connectivity index (χ0v) is 15.8. The SMILES string of the molecule is Cc1nc2ccccc2nc1CN1CCC[C@H](C(=O)Cc2ccccc2)C1. The molecule has 1 aliphatic rings. The lowest BCUT2D eigenvalue weighted by atomic mass is 9.90. The second-order valence-corrected chi connectivity index (χ2v) is 7.45. The number of ketones is 1. The molecule has 0 unspecified atom stereocenters. The van der Waals surface area contributed by atoms with Crippen LogP contribution >= 0.6 is 0 Å². The molecule has 0 aliphatic carbocycles. The number of para-hydroxylation sites is 2. The number of aromatic nitrogens is 2. The summed E-state index contributed by atoms with van der Waals surface area (Å²) in [6.07, 6.45) is 2.59. The van der Waals surface area contributed by atoms with Gasteiger partial charge in [0, 0.05) is 25.4 Å². The first-order valence-electron chi connectivity index (χ1n) is 9.70. The average molecular weight is 359 g/mol. The fraction of sp³-hybridized carbons (Fsp3) is 0.348. The minimum Gasteiger partial charge on any atom is -0.299 e. The Balaban J connectivity index is 1.44. The molecule has 1 saturated heterocycles. The molecule has 4 rings (SSSR count). The van der Waals surface area contributed by atoms with Gasteiger partial charge >= 0.3 is 0 Å². The van der Waals surface area contributed by atoms with Crippen molar-refractivity contribution in [3.05, 3.63) is 71.5 Å². The maximum atomic E-state index is 12.8. The highest BCUT2D eigenvalue weighted by Gasteiger charge is 2.26. The molecule has 1 aromatic heterocycles. The minimum absolute atomic E-state index is 0.118. The Morgan fingerprint density at radius 1 is 1.04 bits per heavy atom. The van der Waals surface area contributed by atoms with Gasteiger partial charge in [0.25, 0.3) is 0 Å². The van der Waals surface area contributed by atoms with Crippen molar-refractivity contribution >= 4 is 16.8 Å². The summed E-state index contributed by atoms with van der Waals surface area (Å²) in [5, 5.41) is 0. The van der Waals surface area contributed by atoms with Gasteiger partial charge in [0.1, 0.15) is 5.78 Å². The van der Waals surface area contributed by atoms with E-state index in [2.05, 4.69) is 4.90 Å². The highest BCUT2D eigenvalue weighted by Crippen LogP contribution is 2.22. The lowest BCUT2D eigenvalue weighted by Gasteiger charge is -2.32. The van der Waals surface area contributed by atoms with Crippen molar-refractivity contribution in [2.75, 3.05) is 13.1 Å². The number of nitrogens with zero attached hydrogens (tertiary/aromatic N) is 3. The number of hydrogen-bond acceptors (Lipinski definition) is 4. The number of piperidine rings is 1. The summed E-state index contributed by atoms with van der Waals surface area (Å²) < 4.78 is 0. The van der Waals surface area contributed by atoms with Gasteiger partial charge in [-0.05, 0) is 44.0 Å². The van der Waals surface area contributed by atoms with E-state index in [1.165, 1.54) is 0 Å². The lowest BCUT2D eigenvalue weighted by molar-refractivity contribution is -0.124. The van der Waals surface area contributed by atoms with Gasteiger partial charge in [0.15, 0.2) is 0 Å². The maximum absolute atomic E-state index is 12.8. The van der Waals surface area contributed by atoms with Crippen LogP contribution in [-0.2, 0) is 17.8 Å². The normalized spacial score (nSPS) is 17.9. The Bertz CT molecular complexity index is 939. The molecule has 4 nitrogen and oxygen atoms in total. The Labute approximate surface area is 160 Å². The van der Waals surface area contributed by atoms with Gasteiger partial charge < -0.3 is 0 Å². The van der Waals surface area contributed by atoms with Crippen molar-refractivity contribution in [2.24, 2.45) is 5.92 Å². The number of benzene rings is 2. The molecule has 0 spiro atoms. The van der Waals surface area contributed by atoms with Crippen LogP contribution in [0.4, 0.5) is 0 Å². The fourth-order valence-corrected chi connectivity index (χ4v) is 3.89. The number of rotatable bonds is 5. The average Bonchev–Trinajstić information content (AvgIpc) is 2.69. The van der Waals surface area contributed by atoms with Gasteiger partial charge in [-0.3, -0.25) is 9.69 Å². The van der Waals surface area contributed by atoms with Crippen LogP contribution in [0.2, 0.25) is 0 Å². The van der Waals surface area contributed by atoms with Crippen LogP contribution in [0.25, 0.3) is 11.0 Å². The molecule has 138 valence electrons. The molecule has 0 amide bonds. The maximum Gasteiger partial charge on any atom is 0.141 e. The number of fused-ring (bicyclic) bond motifs is 1. The second-order valence-electron chi connectivity index (χ2n) is 7.45. The third-order valence-corrected chi connectivity index (χ3v) is 5.40. The molecule has 0 radical (unpaired) electrons. The lowest BCUT2D eigenvalue weighted by Crippen LogP contribution is -2.39. The molecule has 1 atom stereocenters. The van der Waals surface area contributed by atoms with Crippen molar-refractivity contribution < 1.29 is 4.79 Å². The molecule has 0 bridgehead atoms. The first kappa shape index (κ1) is 17.8. The predicted octanol–water partition coefficient (Wildman–Crippen LogP) is 3.96. The van der Waals surface area contributed by atoms with Crippen LogP contribution in [0.1, 0.15) is 29.8 Å². The molecule has 2 heterocycles.